The fraction of sp³-hybridized carbons (Fsp3) is 0.0143. The average Bonchev–Trinajstić information content (AvgIpc) is 4.27. The number of hydrogen-bond acceptors (Lipinski definition) is 5. The van der Waals surface area contributed by atoms with E-state index in [9.17, 15) is 0 Å². The van der Waals surface area contributed by atoms with Gasteiger partial charge in [-0.2, -0.15) is 0 Å². The van der Waals surface area contributed by atoms with E-state index in [0.29, 0.717) is 17.5 Å². The van der Waals surface area contributed by atoms with Crippen molar-refractivity contribution < 1.29 is 4.42 Å². The summed E-state index contributed by atoms with van der Waals surface area (Å²) in [5, 5.41) is 6.86. The van der Waals surface area contributed by atoms with Crippen LogP contribution in [0.15, 0.2) is 247 Å². The summed E-state index contributed by atoms with van der Waals surface area (Å²) in [5.41, 5.74) is 19.8. The van der Waals surface area contributed by atoms with Crippen LogP contribution in [0.3, 0.4) is 0 Å². The molecule has 0 radical (unpaired) electrons. The molecule has 0 aliphatic heterocycles. The van der Waals surface area contributed by atoms with Crippen molar-refractivity contribution in [2.45, 2.75) is 5.41 Å². The number of benzene rings is 11. The number of aromatic nitrogens is 4. The molecule has 0 bridgehead atoms. The first-order valence-corrected chi connectivity index (χ1v) is 26.7. The highest BCUT2D eigenvalue weighted by atomic mass is 32.1. The SMILES string of the molecule is c1ccc(-c2cccc3c2oc2cc(-c4nc(-c5cccc(-n6c7ccccc7c7ccc8c(c76)-c6ccccc6C86c7ccccc7-c7ccccc76)c5)nc(-c5cccc6sc7ccccc7c56)n4)ccc23)cc1. The summed E-state index contributed by atoms with van der Waals surface area (Å²) in [6.07, 6.45) is 0. The minimum absolute atomic E-state index is 0.472. The second kappa shape index (κ2) is 15.6. The van der Waals surface area contributed by atoms with Crippen LogP contribution >= 0.6 is 11.3 Å². The fourth-order valence-corrected chi connectivity index (χ4v) is 14.3. The van der Waals surface area contributed by atoms with Crippen molar-refractivity contribution in [2.24, 2.45) is 0 Å². The lowest BCUT2D eigenvalue weighted by atomic mass is 9.70. The number of fused-ring (bicyclic) bond motifs is 20. The van der Waals surface area contributed by atoms with E-state index < -0.39 is 5.41 Å². The quantitative estimate of drug-likeness (QED) is 0.172. The Labute approximate surface area is 440 Å². The fourth-order valence-electron chi connectivity index (χ4n) is 13.2. The molecule has 0 saturated carbocycles. The summed E-state index contributed by atoms with van der Waals surface area (Å²) in [4.78, 5) is 16.2. The molecule has 1 spiro atoms. The molecule has 0 atom stereocenters. The molecule has 76 heavy (non-hydrogen) atoms. The first kappa shape index (κ1) is 41.7. The van der Waals surface area contributed by atoms with Crippen LogP contribution in [0.2, 0.25) is 0 Å². The molecule has 0 unspecified atom stereocenters. The van der Waals surface area contributed by atoms with E-state index in [4.69, 9.17) is 19.4 Å². The molecule has 5 nitrogen and oxygen atoms in total. The molecule has 4 heterocycles. The predicted molar refractivity (Wildman–Crippen MR) is 312 cm³/mol. The maximum absolute atomic E-state index is 6.80. The van der Waals surface area contributed by atoms with Gasteiger partial charge in [0.2, 0.25) is 0 Å². The van der Waals surface area contributed by atoms with E-state index >= 15 is 0 Å². The Morgan fingerprint density at radius 2 is 0.947 bits per heavy atom. The van der Waals surface area contributed by atoms with Gasteiger partial charge < -0.3 is 8.98 Å². The van der Waals surface area contributed by atoms with Crippen molar-refractivity contribution in [2.75, 3.05) is 0 Å². The standard InChI is InChI=1S/C70H40N4OS/c1-2-17-41(18-3-1)45-26-15-27-51-49-36-35-43(40-60(49)75-66(45)51)68-71-67(72-69(73-68)54-28-16-34-62-63(54)53-25-8-13-33-61(53)76-62)42-19-14-20-44(39-42)74-59-32-12-7-23-48(59)50-37-38-58-64(65(50)74)52-24-6-11-31-57(52)70(58)55-29-9-4-21-46(55)47-22-5-10-30-56(47)70/h1-40H. The Morgan fingerprint density at radius 3 is 1.76 bits per heavy atom. The van der Waals surface area contributed by atoms with Crippen LogP contribution in [-0.2, 0) is 5.41 Å². The Bertz CT molecular complexity index is 4920. The van der Waals surface area contributed by atoms with Crippen LogP contribution in [0.1, 0.15) is 22.3 Å². The molecule has 17 rings (SSSR count). The van der Waals surface area contributed by atoms with Gasteiger partial charge in [-0.05, 0) is 87.0 Å². The summed E-state index contributed by atoms with van der Waals surface area (Å²) >= 11 is 1.79. The van der Waals surface area contributed by atoms with Gasteiger partial charge in [0, 0.05) is 75.2 Å². The smallest absolute Gasteiger partial charge is 0.164 e. The van der Waals surface area contributed by atoms with Crippen molar-refractivity contribution in [1.82, 2.24) is 19.5 Å². The lowest BCUT2D eigenvalue weighted by molar-refractivity contribution is 0.670. The third-order valence-electron chi connectivity index (χ3n) is 16.3. The largest absolute Gasteiger partial charge is 0.455 e. The second-order valence-electron chi connectivity index (χ2n) is 20.1. The minimum Gasteiger partial charge on any atom is -0.455 e. The summed E-state index contributed by atoms with van der Waals surface area (Å²) in [6, 6.07) is 87.8. The van der Waals surface area contributed by atoms with Gasteiger partial charge in [-0.3, -0.25) is 0 Å². The van der Waals surface area contributed by atoms with Crippen LogP contribution in [0.5, 0.6) is 0 Å². The molecular formula is C70H40N4OS. The zero-order chi connectivity index (χ0) is 49.6. The van der Waals surface area contributed by atoms with Crippen LogP contribution in [-0.4, -0.2) is 19.5 Å². The number of para-hydroxylation sites is 2. The number of nitrogens with zero attached hydrogens (tertiary/aromatic N) is 4. The number of rotatable bonds is 5. The summed E-state index contributed by atoms with van der Waals surface area (Å²) < 4.78 is 11.7. The molecule has 0 saturated heterocycles. The molecule has 0 fully saturated rings. The third kappa shape index (κ3) is 5.65. The van der Waals surface area contributed by atoms with Crippen LogP contribution in [0.25, 0.3) is 137 Å². The van der Waals surface area contributed by atoms with Crippen LogP contribution in [0, 0.1) is 0 Å². The molecule has 15 aromatic rings. The highest BCUT2D eigenvalue weighted by Crippen LogP contribution is 2.64. The molecular weight excluding hydrogens is 945 g/mol. The van der Waals surface area contributed by atoms with E-state index in [1.165, 1.54) is 75.6 Å². The average molecular weight is 985 g/mol. The van der Waals surface area contributed by atoms with Crippen LogP contribution < -0.4 is 0 Å². The Balaban J connectivity index is 0.897. The number of hydrogen-bond donors (Lipinski definition) is 0. The Hall–Kier alpha value is -9.75. The molecule has 2 aliphatic carbocycles. The van der Waals surface area contributed by atoms with Gasteiger partial charge in [0.15, 0.2) is 17.5 Å². The van der Waals surface area contributed by atoms with E-state index in [-0.39, 0.29) is 0 Å². The summed E-state index contributed by atoms with van der Waals surface area (Å²) in [6.45, 7) is 0. The zero-order valence-electron chi connectivity index (χ0n) is 40.7. The van der Waals surface area contributed by atoms with Gasteiger partial charge in [0.25, 0.3) is 0 Å². The normalized spacial score (nSPS) is 13.1. The number of thiophene rings is 1. The first-order valence-electron chi connectivity index (χ1n) is 25.8. The van der Waals surface area contributed by atoms with Gasteiger partial charge in [0.05, 0.1) is 16.4 Å². The minimum atomic E-state index is -0.472. The molecule has 6 heteroatoms. The van der Waals surface area contributed by atoms with Crippen LogP contribution in [0.4, 0.5) is 0 Å². The van der Waals surface area contributed by atoms with Crippen molar-refractivity contribution in [1.29, 1.82) is 0 Å². The number of furan rings is 1. The highest BCUT2D eigenvalue weighted by Gasteiger charge is 2.52. The topological polar surface area (TPSA) is 56.7 Å². The van der Waals surface area contributed by atoms with E-state index in [1.807, 2.05) is 6.07 Å². The van der Waals surface area contributed by atoms with Gasteiger partial charge in [-0.25, -0.2) is 15.0 Å². The monoisotopic (exact) mass is 984 g/mol. The molecule has 4 aromatic heterocycles. The van der Waals surface area contributed by atoms with Crippen molar-refractivity contribution in [3.8, 4) is 73.2 Å². The maximum atomic E-state index is 6.80. The predicted octanol–water partition coefficient (Wildman–Crippen LogP) is 18.2. The Kier molecular flexibility index (Phi) is 8.58. The zero-order valence-corrected chi connectivity index (χ0v) is 41.5. The van der Waals surface area contributed by atoms with Crippen molar-refractivity contribution >= 4 is 75.3 Å². The van der Waals surface area contributed by atoms with Gasteiger partial charge in [-0.1, -0.05) is 200 Å². The maximum Gasteiger partial charge on any atom is 0.164 e. The van der Waals surface area contributed by atoms with Gasteiger partial charge in [-0.15, -0.1) is 11.3 Å². The third-order valence-corrected chi connectivity index (χ3v) is 17.4. The molecule has 0 N–H and O–H groups in total. The summed E-state index contributed by atoms with van der Waals surface area (Å²) in [7, 11) is 0. The Morgan fingerprint density at radius 1 is 0.368 bits per heavy atom. The first-order chi connectivity index (χ1) is 37.7. The van der Waals surface area contributed by atoms with Crippen molar-refractivity contribution in [3.05, 3.63) is 265 Å². The van der Waals surface area contributed by atoms with Crippen molar-refractivity contribution in [3.63, 3.8) is 0 Å². The second-order valence-corrected chi connectivity index (χ2v) is 21.2. The molecule has 11 aromatic carbocycles. The molecule has 352 valence electrons. The molecule has 0 amide bonds. The van der Waals surface area contributed by atoms with E-state index in [2.05, 4.69) is 241 Å². The van der Waals surface area contributed by atoms with Gasteiger partial charge >= 0.3 is 0 Å². The van der Waals surface area contributed by atoms with E-state index in [0.717, 1.165) is 66.3 Å². The lowest BCUT2D eigenvalue weighted by Crippen LogP contribution is -2.25. The molecule has 2 aliphatic rings. The van der Waals surface area contributed by atoms with Gasteiger partial charge in [0.1, 0.15) is 11.2 Å². The lowest BCUT2D eigenvalue weighted by Gasteiger charge is -2.30. The summed E-state index contributed by atoms with van der Waals surface area (Å²) in [5.74, 6) is 1.77. The highest BCUT2D eigenvalue weighted by molar-refractivity contribution is 7.25. The van der Waals surface area contributed by atoms with E-state index in [1.54, 1.807) is 11.3 Å².